The van der Waals surface area contributed by atoms with Crippen molar-refractivity contribution in [2.24, 2.45) is 0 Å². The number of rotatable bonds is 2. The smallest absolute Gasteiger partial charge is 0.304 e. The van der Waals surface area contributed by atoms with Crippen LogP contribution in [0.3, 0.4) is 0 Å². The standard InChI is InChI=1S/C8H14N2O/c1-5-7-10(4)8(11)9(3)6-2/h5-7H,2H2,1,3-4H3. The van der Waals surface area contributed by atoms with Crippen LogP contribution in [0.1, 0.15) is 6.92 Å². The van der Waals surface area contributed by atoms with Gasteiger partial charge in [-0.1, -0.05) is 12.7 Å². The van der Waals surface area contributed by atoms with E-state index in [2.05, 4.69) is 6.58 Å². The van der Waals surface area contributed by atoms with Crippen LogP contribution in [0.25, 0.3) is 0 Å². The van der Waals surface area contributed by atoms with Crippen molar-refractivity contribution in [3.8, 4) is 0 Å². The molecule has 0 atom stereocenters. The Labute approximate surface area is 67.6 Å². The van der Waals surface area contributed by atoms with Gasteiger partial charge in [0.2, 0.25) is 0 Å². The summed E-state index contributed by atoms with van der Waals surface area (Å²) in [5, 5.41) is 0. The molecule has 0 fully saturated rings. The number of allylic oxidation sites excluding steroid dienone is 1. The highest BCUT2D eigenvalue weighted by Crippen LogP contribution is 1.93. The zero-order chi connectivity index (χ0) is 8.85. The van der Waals surface area contributed by atoms with Crippen LogP contribution < -0.4 is 0 Å². The summed E-state index contributed by atoms with van der Waals surface area (Å²) in [6.07, 6.45) is 4.97. The van der Waals surface area contributed by atoms with Crippen LogP contribution in [0.2, 0.25) is 0 Å². The average molecular weight is 154 g/mol. The number of amides is 2. The van der Waals surface area contributed by atoms with Gasteiger partial charge in [-0.2, -0.15) is 0 Å². The molecule has 0 N–H and O–H groups in total. The summed E-state index contributed by atoms with van der Waals surface area (Å²) >= 11 is 0. The monoisotopic (exact) mass is 154 g/mol. The molecule has 0 saturated carbocycles. The lowest BCUT2D eigenvalue weighted by Gasteiger charge is -2.18. The van der Waals surface area contributed by atoms with Crippen molar-refractivity contribution in [3.63, 3.8) is 0 Å². The number of carbonyl (C=O) groups is 1. The van der Waals surface area contributed by atoms with Gasteiger partial charge < -0.3 is 9.80 Å². The molecule has 0 spiro atoms. The zero-order valence-corrected chi connectivity index (χ0v) is 7.24. The topological polar surface area (TPSA) is 23.6 Å². The van der Waals surface area contributed by atoms with Gasteiger partial charge in [-0.05, 0) is 6.92 Å². The summed E-state index contributed by atoms with van der Waals surface area (Å²) in [6.45, 7) is 5.34. The van der Waals surface area contributed by atoms with Gasteiger partial charge in [-0.15, -0.1) is 0 Å². The average Bonchev–Trinajstić information content (AvgIpc) is 2.02. The summed E-state index contributed by atoms with van der Waals surface area (Å²) in [5.41, 5.74) is 0. The fourth-order valence-corrected chi connectivity index (χ4v) is 0.614. The molecule has 0 aromatic carbocycles. The van der Waals surface area contributed by atoms with E-state index >= 15 is 0 Å². The molecular formula is C8H14N2O. The lowest BCUT2D eigenvalue weighted by atomic mass is 10.6. The van der Waals surface area contributed by atoms with E-state index in [1.54, 1.807) is 26.4 Å². The predicted molar refractivity (Wildman–Crippen MR) is 45.9 cm³/mol. The SMILES string of the molecule is C=CN(C)C(=O)N(C)C=CC. The van der Waals surface area contributed by atoms with Crippen molar-refractivity contribution in [3.05, 3.63) is 25.1 Å². The first-order valence-corrected chi connectivity index (χ1v) is 3.38. The van der Waals surface area contributed by atoms with Crippen LogP contribution in [0.5, 0.6) is 0 Å². The van der Waals surface area contributed by atoms with Gasteiger partial charge in [0.15, 0.2) is 0 Å². The fourth-order valence-electron chi connectivity index (χ4n) is 0.614. The highest BCUT2D eigenvalue weighted by Gasteiger charge is 2.07. The van der Waals surface area contributed by atoms with Crippen LogP contribution in [0, 0.1) is 0 Å². The third-order valence-electron chi connectivity index (χ3n) is 1.25. The highest BCUT2D eigenvalue weighted by atomic mass is 16.2. The molecule has 0 heterocycles. The molecule has 0 radical (unpaired) electrons. The first kappa shape index (κ1) is 9.75. The molecule has 0 saturated heterocycles. The number of hydrogen-bond donors (Lipinski definition) is 0. The molecule has 0 aliphatic heterocycles. The Morgan fingerprint density at radius 3 is 2.27 bits per heavy atom. The van der Waals surface area contributed by atoms with Crippen molar-refractivity contribution in [2.45, 2.75) is 6.92 Å². The predicted octanol–water partition coefficient (Wildman–Crippen LogP) is 1.65. The summed E-state index contributed by atoms with van der Waals surface area (Å²) < 4.78 is 0. The molecule has 3 heteroatoms. The Morgan fingerprint density at radius 2 is 1.91 bits per heavy atom. The van der Waals surface area contributed by atoms with Gasteiger partial charge in [0, 0.05) is 26.5 Å². The Bertz CT molecular complexity index is 175. The molecule has 2 amide bonds. The van der Waals surface area contributed by atoms with Crippen LogP contribution in [0.4, 0.5) is 4.79 Å². The molecule has 0 aliphatic rings. The van der Waals surface area contributed by atoms with E-state index in [9.17, 15) is 4.79 Å². The van der Waals surface area contributed by atoms with E-state index in [1.165, 1.54) is 16.0 Å². The van der Waals surface area contributed by atoms with E-state index in [4.69, 9.17) is 0 Å². The third-order valence-corrected chi connectivity index (χ3v) is 1.25. The molecule has 0 aliphatic carbocycles. The number of carbonyl (C=O) groups excluding carboxylic acids is 1. The quantitative estimate of drug-likeness (QED) is 0.593. The van der Waals surface area contributed by atoms with E-state index in [0.29, 0.717) is 0 Å². The van der Waals surface area contributed by atoms with Crippen molar-refractivity contribution in [2.75, 3.05) is 14.1 Å². The summed E-state index contributed by atoms with van der Waals surface area (Å²) in [6, 6.07) is -0.0990. The van der Waals surface area contributed by atoms with Crippen LogP contribution in [-0.4, -0.2) is 29.9 Å². The minimum atomic E-state index is -0.0990. The number of hydrogen-bond acceptors (Lipinski definition) is 1. The Kier molecular flexibility index (Phi) is 4.03. The zero-order valence-electron chi connectivity index (χ0n) is 7.24. The minimum absolute atomic E-state index is 0.0990. The van der Waals surface area contributed by atoms with Gasteiger partial charge >= 0.3 is 6.03 Å². The Morgan fingerprint density at radius 1 is 1.36 bits per heavy atom. The van der Waals surface area contributed by atoms with Gasteiger partial charge in [0.05, 0.1) is 0 Å². The van der Waals surface area contributed by atoms with Crippen molar-refractivity contribution in [1.29, 1.82) is 0 Å². The molecule has 0 rings (SSSR count). The molecule has 0 aromatic heterocycles. The van der Waals surface area contributed by atoms with Crippen LogP contribution in [-0.2, 0) is 0 Å². The maximum atomic E-state index is 11.2. The van der Waals surface area contributed by atoms with Crippen molar-refractivity contribution < 1.29 is 4.79 Å². The van der Waals surface area contributed by atoms with Gasteiger partial charge in [0.25, 0.3) is 0 Å². The molecule has 11 heavy (non-hydrogen) atoms. The Hall–Kier alpha value is -1.25. The highest BCUT2D eigenvalue weighted by molar-refractivity contribution is 5.75. The maximum Gasteiger partial charge on any atom is 0.327 e. The fraction of sp³-hybridized carbons (Fsp3) is 0.375. The molecule has 0 aromatic rings. The van der Waals surface area contributed by atoms with Crippen LogP contribution in [0.15, 0.2) is 25.1 Å². The first-order chi connectivity index (χ1) is 5.13. The second-order valence-electron chi connectivity index (χ2n) is 2.17. The lowest BCUT2D eigenvalue weighted by Crippen LogP contribution is -2.31. The van der Waals surface area contributed by atoms with Gasteiger partial charge in [-0.25, -0.2) is 4.79 Å². The molecular weight excluding hydrogens is 140 g/mol. The van der Waals surface area contributed by atoms with E-state index in [0.717, 1.165) is 0 Å². The molecule has 3 nitrogen and oxygen atoms in total. The number of urea groups is 1. The third kappa shape index (κ3) is 2.89. The van der Waals surface area contributed by atoms with Gasteiger partial charge in [0.1, 0.15) is 0 Å². The second kappa shape index (κ2) is 4.55. The van der Waals surface area contributed by atoms with E-state index in [-0.39, 0.29) is 6.03 Å². The van der Waals surface area contributed by atoms with Gasteiger partial charge in [-0.3, -0.25) is 0 Å². The normalized spacial score (nSPS) is 9.73. The molecule has 0 unspecified atom stereocenters. The summed E-state index contributed by atoms with van der Waals surface area (Å²) in [4.78, 5) is 14.1. The minimum Gasteiger partial charge on any atom is -0.304 e. The van der Waals surface area contributed by atoms with Crippen molar-refractivity contribution >= 4 is 6.03 Å². The first-order valence-electron chi connectivity index (χ1n) is 3.38. The largest absolute Gasteiger partial charge is 0.327 e. The van der Waals surface area contributed by atoms with E-state index < -0.39 is 0 Å². The van der Waals surface area contributed by atoms with E-state index in [1.807, 2.05) is 6.92 Å². The Balaban J connectivity index is 4.12. The molecule has 0 bridgehead atoms. The van der Waals surface area contributed by atoms with Crippen LogP contribution >= 0.6 is 0 Å². The summed E-state index contributed by atoms with van der Waals surface area (Å²) in [5.74, 6) is 0. The van der Waals surface area contributed by atoms with Crippen molar-refractivity contribution in [1.82, 2.24) is 9.80 Å². The number of nitrogens with zero attached hydrogens (tertiary/aromatic N) is 2. The second-order valence-corrected chi connectivity index (χ2v) is 2.17. The summed E-state index contributed by atoms with van der Waals surface area (Å²) in [7, 11) is 3.36. The lowest BCUT2D eigenvalue weighted by molar-refractivity contribution is 0.201. The maximum absolute atomic E-state index is 11.2. The molecule has 62 valence electrons.